The summed E-state index contributed by atoms with van der Waals surface area (Å²) in [7, 11) is 2.03. The summed E-state index contributed by atoms with van der Waals surface area (Å²) in [6.07, 6.45) is 5.28. The Balaban J connectivity index is 1.91. The van der Waals surface area contributed by atoms with Crippen LogP contribution in [0.25, 0.3) is 0 Å². The number of hydrogen-bond donors (Lipinski definition) is 1. The average Bonchev–Trinajstić information content (AvgIpc) is 3.17. The van der Waals surface area contributed by atoms with Gasteiger partial charge in [-0.05, 0) is 60.5 Å². The largest absolute Gasteiger partial charge is 0.363 e. The molecule has 1 N–H and O–H groups in total. The van der Waals surface area contributed by atoms with Gasteiger partial charge in [-0.2, -0.15) is 11.3 Å². The lowest BCUT2D eigenvalue weighted by atomic mass is 10.0. The summed E-state index contributed by atoms with van der Waals surface area (Å²) in [4.78, 5) is 7.23. The molecule has 3 rings (SSSR count). The highest BCUT2D eigenvalue weighted by atomic mass is 32.1. The molecule has 0 unspecified atom stereocenters. The molecule has 0 aromatic carbocycles. The van der Waals surface area contributed by atoms with Crippen LogP contribution in [0.1, 0.15) is 36.2 Å². The Morgan fingerprint density at radius 3 is 3.10 bits per heavy atom. The number of hydrogen-bond acceptors (Lipinski definition) is 4. The first kappa shape index (κ1) is 14.5. The molecule has 0 amide bonds. The van der Waals surface area contributed by atoms with E-state index < -0.39 is 0 Å². The highest BCUT2D eigenvalue weighted by Crippen LogP contribution is 2.37. The molecule has 0 saturated carbocycles. The van der Waals surface area contributed by atoms with Gasteiger partial charge in [0, 0.05) is 19.2 Å². The van der Waals surface area contributed by atoms with Gasteiger partial charge in [0.2, 0.25) is 0 Å². The molecule has 1 aliphatic heterocycles. The number of nitrogens with one attached hydrogen (secondary N) is 1. The minimum Gasteiger partial charge on any atom is -0.363 e. The third kappa shape index (κ3) is 2.97. The maximum Gasteiger partial charge on any atom is 0.0654 e. The predicted octanol–water partition coefficient (Wildman–Crippen LogP) is 3.42. The fourth-order valence-corrected chi connectivity index (χ4v) is 3.78. The average molecular weight is 301 g/mol. The van der Waals surface area contributed by atoms with E-state index in [1.807, 2.05) is 13.2 Å². The molecule has 21 heavy (non-hydrogen) atoms. The monoisotopic (exact) mass is 301 g/mol. The van der Waals surface area contributed by atoms with Gasteiger partial charge in [-0.25, -0.2) is 0 Å². The van der Waals surface area contributed by atoms with Gasteiger partial charge in [0.05, 0.1) is 17.4 Å². The molecule has 112 valence electrons. The Labute approximate surface area is 131 Å². The van der Waals surface area contributed by atoms with E-state index in [-0.39, 0.29) is 0 Å². The van der Waals surface area contributed by atoms with Crippen LogP contribution in [-0.2, 0) is 12.8 Å². The lowest BCUT2D eigenvalue weighted by Crippen LogP contribution is -2.29. The smallest absolute Gasteiger partial charge is 0.0654 e. The van der Waals surface area contributed by atoms with Crippen molar-refractivity contribution in [3.05, 3.63) is 45.9 Å². The van der Waals surface area contributed by atoms with Crippen LogP contribution in [0.2, 0.25) is 0 Å². The molecule has 0 bridgehead atoms. The van der Waals surface area contributed by atoms with Crippen LogP contribution in [0, 0.1) is 0 Å². The van der Waals surface area contributed by atoms with E-state index in [9.17, 15) is 0 Å². The van der Waals surface area contributed by atoms with Crippen LogP contribution >= 0.6 is 11.3 Å². The van der Waals surface area contributed by atoms with Gasteiger partial charge in [0.1, 0.15) is 0 Å². The third-order valence-corrected chi connectivity index (χ3v) is 4.98. The number of aryl methyl sites for hydroxylation is 1. The van der Waals surface area contributed by atoms with Gasteiger partial charge in [-0.15, -0.1) is 0 Å². The minimum absolute atomic E-state index is 0.457. The lowest BCUT2D eigenvalue weighted by molar-refractivity contribution is 0.570. The predicted molar refractivity (Wildman–Crippen MR) is 90.3 cm³/mol. The van der Waals surface area contributed by atoms with Crippen LogP contribution in [0.4, 0.5) is 5.69 Å². The number of anilines is 1. The Kier molecular flexibility index (Phi) is 4.56. The standard InChI is InChI=1S/C17H23N3S/c1-3-13-10-17-15(19-11-13)5-8-20(17)16(4-7-18-2)14-6-9-21-12-14/h6,9-12,16,18H,3-5,7-8H2,1-2H3/t16-/m1/s1. The molecular weight excluding hydrogens is 278 g/mol. The van der Waals surface area contributed by atoms with Crippen molar-refractivity contribution < 1.29 is 0 Å². The number of fused-ring (bicyclic) bond motifs is 1. The van der Waals surface area contributed by atoms with E-state index in [0.29, 0.717) is 6.04 Å². The van der Waals surface area contributed by atoms with Crippen molar-refractivity contribution in [1.82, 2.24) is 10.3 Å². The molecule has 1 aliphatic rings. The van der Waals surface area contributed by atoms with Gasteiger partial charge in [-0.1, -0.05) is 6.92 Å². The molecule has 2 aromatic heterocycles. The zero-order valence-electron chi connectivity index (χ0n) is 12.8. The quantitative estimate of drug-likeness (QED) is 0.886. The molecule has 2 aromatic rings. The van der Waals surface area contributed by atoms with Crippen LogP contribution in [0.5, 0.6) is 0 Å². The molecule has 0 saturated heterocycles. The van der Waals surface area contributed by atoms with Crippen molar-refractivity contribution in [3.63, 3.8) is 0 Å². The Hall–Kier alpha value is -1.39. The SMILES string of the molecule is CCc1cnc2c(c1)N([C@H](CCNC)c1ccsc1)CC2. The fourth-order valence-electron chi connectivity index (χ4n) is 3.08. The molecule has 0 radical (unpaired) electrons. The summed E-state index contributed by atoms with van der Waals surface area (Å²) < 4.78 is 0. The van der Waals surface area contributed by atoms with E-state index in [2.05, 4.69) is 45.0 Å². The Morgan fingerprint density at radius 1 is 1.48 bits per heavy atom. The van der Waals surface area contributed by atoms with E-state index >= 15 is 0 Å². The highest BCUT2D eigenvalue weighted by molar-refractivity contribution is 7.08. The van der Waals surface area contributed by atoms with Crippen molar-refractivity contribution >= 4 is 17.0 Å². The molecular formula is C17H23N3S. The zero-order chi connectivity index (χ0) is 14.7. The Morgan fingerprint density at radius 2 is 2.38 bits per heavy atom. The molecule has 3 nitrogen and oxygen atoms in total. The normalized spacial score (nSPS) is 15.2. The first-order valence-corrected chi connectivity index (χ1v) is 8.69. The van der Waals surface area contributed by atoms with Gasteiger partial charge in [0.15, 0.2) is 0 Å². The molecule has 1 atom stereocenters. The van der Waals surface area contributed by atoms with E-state index in [1.54, 1.807) is 11.3 Å². The number of thiophene rings is 1. The van der Waals surface area contributed by atoms with Crippen molar-refractivity contribution in [3.8, 4) is 0 Å². The van der Waals surface area contributed by atoms with Gasteiger partial charge in [0.25, 0.3) is 0 Å². The first-order chi connectivity index (χ1) is 10.3. The van der Waals surface area contributed by atoms with Crippen LogP contribution < -0.4 is 10.2 Å². The summed E-state index contributed by atoms with van der Waals surface area (Å²) in [5, 5.41) is 7.76. The molecule has 0 spiro atoms. The van der Waals surface area contributed by atoms with Crippen molar-refractivity contribution in [2.75, 3.05) is 25.0 Å². The first-order valence-electron chi connectivity index (χ1n) is 7.74. The topological polar surface area (TPSA) is 28.2 Å². The lowest BCUT2D eigenvalue weighted by Gasteiger charge is -2.30. The summed E-state index contributed by atoms with van der Waals surface area (Å²) in [6, 6.07) is 5.06. The van der Waals surface area contributed by atoms with Gasteiger partial charge >= 0.3 is 0 Å². The van der Waals surface area contributed by atoms with Crippen LogP contribution in [0.15, 0.2) is 29.1 Å². The summed E-state index contributed by atoms with van der Waals surface area (Å²) >= 11 is 1.79. The second-order valence-electron chi connectivity index (χ2n) is 5.57. The summed E-state index contributed by atoms with van der Waals surface area (Å²) in [6.45, 7) is 4.31. The number of rotatable bonds is 6. The third-order valence-electron chi connectivity index (χ3n) is 4.28. The van der Waals surface area contributed by atoms with Crippen molar-refractivity contribution in [1.29, 1.82) is 0 Å². The highest BCUT2D eigenvalue weighted by Gasteiger charge is 2.28. The number of pyridine rings is 1. The molecule has 0 aliphatic carbocycles. The summed E-state index contributed by atoms with van der Waals surface area (Å²) in [5.41, 5.74) is 5.38. The number of nitrogens with zero attached hydrogens (tertiary/aromatic N) is 2. The second kappa shape index (κ2) is 6.58. The van der Waals surface area contributed by atoms with E-state index in [4.69, 9.17) is 0 Å². The fraction of sp³-hybridized carbons (Fsp3) is 0.471. The second-order valence-corrected chi connectivity index (χ2v) is 6.35. The van der Waals surface area contributed by atoms with E-state index in [0.717, 1.165) is 32.4 Å². The maximum absolute atomic E-state index is 4.67. The van der Waals surface area contributed by atoms with Crippen molar-refractivity contribution in [2.24, 2.45) is 0 Å². The van der Waals surface area contributed by atoms with E-state index in [1.165, 1.54) is 22.5 Å². The maximum atomic E-state index is 4.67. The zero-order valence-corrected chi connectivity index (χ0v) is 13.6. The van der Waals surface area contributed by atoms with Crippen LogP contribution in [0.3, 0.4) is 0 Å². The minimum atomic E-state index is 0.457. The summed E-state index contributed by atoms with van der Waals surface area (Å²) in [5.74, 6) is 0. The number of aromatic nitrogens is 1. The van der Waals surface area contributed by atoms with Gasteiger partial charge in [-0.3, -0.25) is 4.98 Å². The van der Waals surface area contributed by atoms with Crippen molar-refractivity contribution in [2.45, 2.75) is 32.2 Å². The Bertz CT molecular complexity index is 580. The molecule has 0 fully saturated rings. The van der Waals surface area contributed by atoms with Gasteiger partial charge < -0.3 is 10.2 Å². The van der Waals surface area contributed by atoms with Crippen LogP contribution in [-0.4, -0.2) is 25.1 Å². The molecule has 4 heteroatoms. The molecule has 3 heterocycles.